The van der Waals surface area contributed by atoms with Crippen molar-refractivity contribution in [3.8, 4) is 0 Å². The summed E-state index contributed by atoms with van der Waals surface area (Å²) in [6, 6.07) is 5.51. The van der Waals surface area contributed by atoms with Gasteiger partial charge in [0.15, 0.2) is 5.78 Å². The van der Waals surface area contributed by atoms with E-state index in [0.717, 1.165) is 22.9 Å². The van der Waals surface area contributed by atoms with Crippen LogP contribution in [0, 0.1) is 0 Å². The Morgan fingerprint density at radius 3 is 2.77 bits per heavy atom. The fourth-order valence-electron chi connectivity index (χ4n) is 3.12. The molecule has 0 aliphatic rings. The quantitative estimate of drug-likeness (QED) is 0.585. The Labute approximate surface area is 150 Å². The summed E-state index contributed by atoms with van der Waals surface area (Å²) in [5.74, 6) is 0.418. The zero-order valence-electron chi connectivity index (χ0n) is 15.0. The number of carbonyl (C=O) groups excluding carboxylic acids is 2. The maximum atomic E-state index is 12.5. The molecule has 8 heteroatoms. The van der Waals surface area contributed by atoms with Gasteiger partial charge in [0, 0.05) is 17.1 Å². The van der Waals surface area contributed by atoms with Gasteiger partial charge in [-0.15, -0.1) is 5.10 Å². The van der Waals surface area contributed by atoms with Crippen LogP contribution in [0.4, 0.5) is 5.95 Å². The summed E-state index contributed by atoms with van der Waals surface area (Å²) in [7, 11) is 0. The van der Waals surface area contributed by atoms with E-state index < -0.39 is 0 Å². The molecular formula is C18H22N6O2. The smallest absolute Gasteiger partial charge is 0.240 e. The predicted molar refractivity (Wildman–Crippen MR) is 98.7 cm³/mol. The van der Waals surface area contributed by atoms with Gasteiger partial charge in [-0.25, -0.2) is 0 Å². The number of nitrogen functional groups attached to an aromatic ring is 1. The molecule has 136 valence electrons. The van der Waals surface area contributed by atoms with Crippen molar-refractivity contribution >= 4 is 28.5 Å². The number of nitrogens with two attached hydrogens (primary N) is 1. The van der Waals surface area contributed by atoms with Crippen molar-refractivity contribution in [3.63, 3.8) is 0 Å². The van der Waals surface area contributed by atoms with Crippen molar-refractivity contribution < 1.29 is 9.59 Å². The zero-order chi connectivity index (χ0) is 18.8. The number of hydrogen-bond acceptors (Lipinski definition) is 5. The molecule has 0 aliphatic heterocycles. The van der Waals surface area contributed by atoms with Crippen LogP contribution in [0.15, 0.2) is 24.4 Å². The lowest BCUT2D eigenvalue weighted by molar-refractivity contribution is -0.122. The number of H-pyrrole nitrogens is 1. The second-order valence-electron chi connectivity index (χ2n) is 6.26. The van der Waals surface area contributed by atoms with Crippen LogP contribution in [0.1, 0.15) is 48.6 Å². The fourth-order valence-corrected chi connectivity index (χ4v) is 3.12. The van der Waals surface area contributed by atoms with Crippen molar-refractivity contribution in [2.24, 2.45) is 0 Å². The highest BCUT2D eigenvalue weighted by Crippen LogP contribution is 2.26. The van der Waals surface area contributed by atoms with Crippen molar-refractivity contribution in [1.82, 2.24) is 25.1 Å². The van der Waals surface area contributed by atoms with Gasteiger partial charge in [-0.05, 0) is 25.8 Å². The van der Waals surface area contributed by atoms with Gasteiger partial charge in [0.2, 0.25) is 11.9 Å². The van der Waals surface area contributed by atoms with Gasteiger partial charge in [-0.1, -0.05) is 25.1 Å². The molecule has 0 spiro atoms. The van der Waals surface area contributed by atoms with Crippen LogP contribution in [0.25, 0.3) is 10.9 Å². The number of ketones is 1. The minimum Gasteiger partial charge on any atom is -0.367 e. The average molecular weight is 354 g/mol. The fraction of sp³-hybridized carbons (Fsp3) is 0.333. The average Bonchev–Trinajstić information content (AvgIpc) is 3.19. The van der Waals surface area contributed by atoms with Crippen LogP contribution < -0.4 is 11.1 Å². The van der Waals surface area contributed by atoms with Crippen LogP contribution in [0.5, 0.6) is 0 Å². The molecule has 1 atom stereocenters. The number of para-hydroxylation sites is 1. The van der Waals surface area contributed by atoms with E-state index in [9.17, 15) is 9.59 Å². The summed E-state index contributed by atoms with van der Waals surface area (Å²) >= 11 is 0. The normalized spacial score (nSPS) is 12.3. The molecule has 2 heterocycles. The van der Waals surface area contributed by atoms with Gasteiger partial charge in [0.05, 0.1) is 11.6 Å². The summed E-state index contributed by atoms with van der Waals surface area (Å²) in [6.07, 6.45) is 2.57. The van der Waals surface area contributed by atoms with E-state index in [1.54, 1.807) is 13.1 Å². The number of aryl methyl sites for hydroxylation is 1. The molecule has 2 aromatic heterocycles. The first-order valence-corrected chi connectivity index (χ1v) is 8.49. The maximum absolute atomic E-state index is 12.5. The van der Waals surface area contributed by atoms with Crippen LogP contribution in [0.3, 0.4) is 0 Å². The summed E-state index contributed by atoms with van der Waals surface area (Å²) in [5.41, 5.74) is 8.14. The highest BCUT2D eigenvalue weighted by molar-refractivity contribution is 6.07. The third-order valence-corrected chi connectivity index (χ3v) is 4.36. The summed E-state index contributed by atoms with van der Waals surface area (Å²) in [6.45, 7) is 5.49. The Morgan fingerprint density at radius 2 is 2.15 bits per heavy atom. The van der Waals surface area contributed by atoms with Crippen LogP contribution >= 0.6 is 0 Å². The molecule has 3 aromatic rings. The van der Waals surface area contributed by atoms with Gasteiger partial charge < -0.3 is 15.6 Å². The van der Waals surface area contributed by atoms with Gasteiger partial charge in [0.1, 0.15) is 12.4 Å². The lowest BCUT2D eigenvalue weighted by Crippen LogP contribution is -2.30. The number of aromatic amines is 1. The predicted octanol–water partition coefficient (Wildman–Crippen LogP) is 1.98. The van der Waals surface area contributed by atoms with Gasteiger partial charge in [-0.3, -0.25) is 14.7 Å². The summed E-state index contributed by atoms with van der Waals surface area (Å²) in [4.78, 5) is 28.5. The number of fused-ring (bicyclic) bond motifs is 1. The first-order valence-electron chi connectivity index (χ1n) is 8.49. The Hall–Kier alpha value is -3.16. The number of anilines is 1. The topological polar surface area (TPSA) is 119 Å². The lowest BCUT2D eigenvalue weighted by Gasteiger charge is -2.13. The van der Waals surface area contributed by atoms with Crippen LogP contribution in [0.2, 0.25) is 0 Å². The highest BCUT2D eigenvalue weighted by Gasteiger charge is 2.18. The molecule has 0 radical (unpaired) electrons. The minimum atomic E-state index is -0.355. The highest BCUT2D eigenvalue weighted by atomic mass is 16.2. The lowest BCUT2D eigenvalue weighted by atomic mass is 10.1. The molecule has 3 rings (SSSR count). The molecule has 1 amide bonds. The van der Waals surface area contributed by atoms with Crippen molar-refractivity contribution in [3.05, 3.63) is 41.3 Å². The summed E-state index contributed by atoms with van der Waals surface area (Å²) in [5, 5.41) is 10.2. The van der Waals surface area contributed by atoms with E-state index in [-0.39, 0.29) is 30.2 Å². The molecule has 0 aliphatic carbocycles. The molecular weight excluding hydrogens is 332 g/mol. The SMILES string of the molecule is CCc1cccc2c(C(C)=O)cn(CC(=O)N[C@@H](C)c3nc(N)n[nH]3)c12. The first kappa shape index (κ1) is 17.7. The van der Waals surface area contributed by atoms with Gasteiger partial charge >= 0.3 is 0 Å². The van der Waals surface area contributed by atoms with E-state index in [1.807, 2.05) is 22.8 Å². The van der Waals surface area contributed by atoms with E-state index in [2.05, 4.69) is 27.4 Å². The number of aromatic nitrogens is 4. The Balaban J connectivity index is 1.88. The largest absolute Gasteiger partial charge is 0.367 e. The molecule has 0 bridgehead atoms. The van der Waals surface area contributed by atoms with Crippen LogP contribution in [-0.2, 0) is 17.8 Å². The number of benzene rings is 1. The number of rotatable bonds is 6. The van der Waals surface area contributed by atoms with Crippen LogP contribution in [-0.4, -0.2) is 31.4 Å². The van der Waals surface area contributed by atoms with Crippen molar-refractivity contribution in [2.45, 2.75) is 39.8 Å². The number of carbonyl (C=O) groups is 2. The van der Waals surface area contributed by atoms with Gasteiger partial charge in [0.25, 0.3) is 0 Å². The number of hydrogen-bond donors (Lipinski definition) is 3. The van der Waals surface area contributed by atoms with Gasteiger partial charge in [-0.2, -0.15) is 4.98 Å². The third-order valence-electron chi connectivity index (χ3n) is 4.36. The molecule has 0 saturated carbocycles. The third kappa shape index (κ3) is 3.30. The molecule has 0 saturated heterocycles. The maximum Gasteiger partial charge on any atom is 0.240 e. The number of Topliss-reactive ketones (excluding diaryl/α,β-unsaturated/α-hetero) is 1. The summed E-state index contributed by atoms with van der Waals surface area (Å²) < 4.78 is 1.84. The second-order valence-corrected chi connectivity index (χ2v) is 6.26. The van der Waals surface area contributed by atoms with E-state index in [4.69, 9.17) is 5.73 Å². The molecule has 8 nitrogen and oxygen atoms in total. The van der Waals surface area contributed by atoms with Crippen molar-refractivity contribution in [2.75, 3.05) is 5.73 Å². The molecule has 26 heavy (non-hydrogen) atoms. The zero-order valence-corrected chi connectivity index (χ0v) is 15.0. The molecule has 0 fully saturated rings. The Morgan fingerprint density at radius 1 is 1.38 bits per heavy atom. The monoisotopic (exact) mass is 354 g/mol. The Kier molecular flexibility index (Phi) is 4.75. The van der Waals surface area contributed by atoms with E-state index in [1.165, 1.54) is 6.92 Å². The van der Waals surface area contributed by atoms with E-state index in [0.29, 0.717) is 11.4 Å². The molecule has 4 N–H and O–H groups in total. The number of nitrogens with one attached hydrogen (secondary N) is 2. The number of amides is 1. The second kappa shape index (κ2) is 6.99. The number of nitrogens with zero attached hydrogens (tertiary/aromatic N) is 3. The minimum absolute atomic E-state index is 0.0204. The van der Waals surface area contributed by atoms with E-state index >= 15 is 0 Å². The van der Waals surface area contributed by atoms with Crippen molar-refractivity contribution in [1.29, 1.82) is 0 Å². The molecule has 1 aromatic carbocycles. The standard InChI is InChI=1S/C18H22N6O2/c1-4-12-6-5-7-13-14(11(3)25)8-24(16(12)13)9-15(26)20-10(2)17-21-18(19)23-22-17/h5-8,10H,4,9H2,1-3H3,(H,20,26)(H3,19,21,22,23)/t10-/m0/s1. The molecule has 0 unspecified atom stereocenters. The Bertz CT molecular complexity index is 971. The first-order chi connectivity index (χ1) is 12.4.